The SMILES string of the molecule is COc1ccc(CC(=O)Nc2ccc(OC)c(S(=O)(=O)N3CCCCC3)c2)cc1F. The highest BCUT2D eigenvalue weighted by Gasteiger charge is 2.29. The summed E-state index contributed by atoms with van der Waals surface area (Å²) in [5, 5.41) is 2.67. The minimum atomic E-state index is -3.74. The van der Waals surface area contributed by atoms with E-state index in [4.69, 9.17) is 9.47 Å². The number of halogens is 1. The van der Waals surface area contributed by atoms with Crippen LogP contribution in [-0.2, 0) is 21.2 Å². The second-order valence-corrected chi connectivity index (χ2v) is 8.93. The minimum Gasteiger partial charge on any atom is -0.495 e. The molecule has 9 heteroatoms. The van der Waals surface area contributed by atoms with E-state index in [1.54, 1.807) is 12.1 Å². The molecule has 0 aromatic heterocycles. The maximum atomic E-state index is 13.8. The molecule has 1 heterocycles. The number of nitrogens with one attached hydrogen (secondary N) is 1. The van der Waals surface area contributed by atoms with Crippen molar-refractivity contribution in [3.63, 3.8) is 0 Å². The van der Waals surface area contributed by atoms with E-state index in [1.165, 1.54) is 42.8 Å². The van der Waals surface area contributed by atoms with Crippen LogP contribution in [0.15, 0.2) is 41.3 Å². The van der Waals surface area contributed by atoms with Gasteiger partial charge < -0.3 is 14.8 Å². The second kappa shape index (κ2) is 9.44. The minimum absolute atomic E-state index is 0.0141. The summed E-state index contributed by atoms with van der Waals surface area (Å²) in [5.74, 6) is -0.633. The van der Waals surface area contributed by atoms with Crippen molar-refractivity contribution in [3.05, 3.63) is 47.8 Å². The van der Waals surface area contributed by atoms with E-state index >= 15 is 0 Å². The summed E-state index contributed by atoms with van der Waals surface area (Å²) in [6.07, 6.45) is 2.57. The second-order valence-electron chi connectivity index (χ2n) is 7.02. The molecule has 30 heavy (non-hydrogen) atoms. The van der Waals surface area contributed by atoms with Crippen molar-refractivity contribution in [2.24, 2.45) is 0 Å². The molecule has 1 aliphatic heterocycles. The lowest BCUT2D eigenvalue weighted by molar-refractivity contribution is -0.115. The molecule has 1 aliphatic rings. The Morgan fingerprint density at radius 2 is 1.70 bits per heavy atom. The van der Waals surface area contributed by atoms with Gasteiger partial charge in [-0.05, 0) is 48.7 Å². The molecule has 1 fully saturated rings. The van der Waals surface area contributed by atoms with Crippen LogP contribution < -0.4 is 14.8 Å². The highest BCUT2D eigenvalue weighted by molar-refractivity contribution is 7.89. The number of methoxy groups -OCH3 is 2. The highest BCUT2D eigenvalue weighted by atomic mass is 32.2. The molecule has 1 amide bonds. The fourth-order valence-electron chi connectivity index (χ4n) is 3.41. The smallest absolute Gasteiger partial charge is 0.246 e. The zero-order valence-corrected chi connectivity index (χ0v) is 17.8. The molecule has 3 rings (SSSR count). The number of benzene rings is 2. The van der Waals surface area contributed by atoms with E-state index in [2.05, 4.69) is 5.32 Å². The lowest BCUT2D eigenvalue weighted by Gasteiger charge is -2.26. The van der Waals surface area contributed by atoms with Crippen LogP contribution in [0.4, 0.5) is 10.1 Å². The van der Waals surface area contributed by atoms with Crippen LogP contribution in [0.25, 0.3) is 0 Å². The van der Waals surface area contributed by atoms with Crippen LogP contribution in [-0.4, -0.2) is 45.9 Å². The Morgan fingerprint density at radius 1 is 1.03 bits per heavy atom. The van der Waals surface area contributed by atoms with Crippen molar-refractivity contribution >= 4 is 21.6 Å². The first-order valence-electron chi connectivity index (χ1n) is 9.65. The number of amides is 1. The Kier molecular flexibility index (Phi) is 6.94. The third kappa shape index (κ3) is 4.91. The monoisotopic (exact) mass is 436 g/mol. The summed E-state index contributed by atoms with van der Waals surface area (Å²) >= 11 is 0. The number of piperidine rings is 1. The van der Waals surface area contributed by atoms with Crippen LogP contribution in [0.1, 0.15) is 24.8 Å². The largest absolute Gasteiger partial charge is 0.495 e. The first kappa shape index (κ1) is 22.0. The molecular weight excluding hydrogens is 411 g/mol. The third-order valence-electron chi connectivity index (χ3n) is 4.96. The maximum Gasteiger partial charge on any atom is 0.246 e. The van der Waals surface area contributed by atoms with Gasteiger partial charge in [-0.1, -0.05) is 12.5 Å². The van der Waals surface area contributed by atoms with Crippen molar-refractivity contribution in [2.45, 2.75) is 30.6 Å². The normalized spacial score (nSPS) is 14.9. The topological polar surface area (TPSA) is 84.9 Å². The van der Waals surface area contributed by atoms with Gasteiger partial charge in [0.25, 0.3) is 0 Å². The number of rotatable bonds is 7. The summed E-state index contributed by atoms with van der Waals surface area (Å²) in [6, 6.07) is 8.77. The maximum absolute atomic E-state index is 13.8. The summed E-state index contributed by atoms with van der Waals surface area (Å²) in [6.45, 7) is 0.927. The molecule has 1 saturated heterocycles. The lowest BCUT2D eigenvalue weighted by atomic mass is 10.1. The van der Waals surface area contributed by atoms with E-state index in [1.807, 2.05) is 0 Å². The zero-order valence-electron chi connectivity index (χ0n) is 17.0. The van der Waals surface area contributed by atoms with Gasteiger partial charge in [-0.2, -0.15) is 4.31 Å². The molecule has 162 valence electrons. The number of carbonyl (C=O) groups excluding carboxylic acids is 1. The Balaban J connectivity index is 1.79. The van der Waals surface area contributed by atoms with Crippen LogP contribution in [0.3, 0.4) is 0 Å². The molecule has 0 unspecified atom stereocenters. The first-order valence-corrected chi connectivity index (χ1v) is 11.1. The van der Waals surface area contributed by atoms with E-state index in [0.717, 1.165) is 19.3 Å². The van der Waals surface area contributed by atoms with Crippen molar-refractivity contribution in [2.75, 3.05) is 32.6 Å². The number of hydrogen-bond donors (Lipinski definition) is 1. The molecule has 2 aromatic rings. The number of nitrogens with zero attached hydrogens (tertiary/aromatic N) is 1. The number of hydrogen-bond acceptors (Lipinski definition) is 5. The highest BCUT2D eigenvalue weighted by Crippen LogP contribution is 2.31. The van der Waals surface area contributed by atoms with E-state index in [9.17, 15) is 17.6 Å². The number of sulfonamides is 1. The number of ether oxygens (including phenoxy) is 2. The molecule has 7 nitrogen and oxygen atoms in total. The Labute approximate surface area is 175 Å². The van der Waals surface area contributed by atoms with Gasteiger partial charge in [-0.3, -0.25) is 4.79 Å². The van der Waals surface area contributed by atoms with Crippen LogP contribution in [0, 0.1) is 5.82 Å². The summed E-state index contributed by atoms with van der Waals surface area (Å²) in [4.78, 5) is 12.4. The van der Waals surface area contributed by atoms with Gasteiger partial charge in [0.1, 0.15) is 10.6 Å². The van der Waals surface area contributed by atoms with Crippen LogP contribution >= 0.6 is 0 Å². The van der Waals surface area contributed by atoms with Gasteiger partial charge in [0.05, 0.1) is 20.6 Å². The summed E-state index contributed by atoms with van der Waals surface area (Å²) in [5.41, 5.74) is 0.797. The zero-order chi connectivity index (χ0) is 21.7. The molecule has 0 saturated carbocycles. The van der Waals surface area contributed by atoms with E-state index < -0.39 is 21.7 Å². The molecule has 0 radical (unpaired) electrons. The van der Waals surface area contributed by atoms with Gasteiger partial charge >= 0.3 is 0 Å². The first-order chi connectivity index (χ1) is 14.3. The fourth-order valence-corrected chi connectivity index (χ4v) is 5.11. The van der Waals surface area contributed by atoms with Crippen molar-refractivity contribution < 1.29 is 27.1 Å². The van der Waals surface area contributed by atoms with E-state index in [0.29, 0.717) is 24.3 Å². The molecule has 0 atom stereocenters. The Hall–Kier alpha value is -2.65. The van der Waals surface area contributed by atoms with Crippen LogP contribution in [0.2, 0.25) is 0 Å². The van der Waals surface area contributed by atoms with Crippen molar-refractivity contribution in [3.8, 4) is 11.5 Å². The van der Waals surface area contributed by atoms with Gasteiger partial charge in [0.15, 0.2) is 11.6 Å². The summed E-state index contributed by atoms with van der Waals surface area (Å²) in [7, 11) is -0.973. The van der Waals surface area contributed by atoms with Crippen molar-refractivity contribution in [1.29, 1.82) is 0 Å². The van der Waals surface area contributed by atoms with Gasteiger partial charge in [0.2, 0.25) is 15.9 Å². The predicted octanol–water partition coefficient (Wildman–Crippen LogP) is 3.20. The van der Waals surface area contributed by atoms with Crippen LogP contribution in [0.5, 0.6) is 11.5 Å². The number of carbonyl (C=O) groups is 1. The van der Waals surface area contributed by atoms with Gasteiger partial charge in [-0.15, -0.1) is 0 Å². The van der Waals surface area contributed by atoms with Gasteiger partial charge in [0, 0.05) is 18.8 Å². The summed E-state index contributed by atoms with van der Waals surface area (Å²) < 4.78 is 51.5. The molecule has 0 aliphatic carbocycles. The average molecular weight is 437 g/mol. The fraction of sp³-hybridized carbons (Fsp3) is 0.381. The van der Waals surface area contributed by atoms with Gasteiger partial charge in [-0.25, -0.2) is 12.8 Å². The molecule has 2 aromatic carbocycles. The van der Waals surface area contributed by atoms with E-state index in [-0.39, 0.29) is 22.8 Å². The standard InChI is InChI=1S/C21H25FN2O5S/c1-28-18-8-6-15(12-17(18)22)13-21(25)23-16-7-9-19(29-2)20(14-16)30(26,27)24-10-4-3-5-11-24/h6-9,12,14H,3-5,10-11,13H2,1-2H3,(H,23,25). The molecule has 0 bridgehead atoms. The quantitative estimate of drug-likeness (QED) is 0.721. The molecule has 0 spiro atoms. The predicted molar refractivity (Wildman–Crippen MR) is 111 cm³/mol. The lowest BCUT2D eigenvalue weighted by Crippen LogP contribution is -2.35. The molecule has 1 N–H and O–H groups in total. The molecular formula is C21H25FN2O5S. The average Bonchev–Trinajstić information content (AvgIpc) is 2.74. The number of anilines is 1. The Bertz CT molecular complexity index is 1020. The Morgan fingerprint density at radius 3 is 2.33 bits per heavy atom. The third-order valence-corrected chi connectivity index (χ3v) is 6.88. The van der Waals surface area contributed by atoms with Crippen molar-refractivity contribution in [1.82, 2.24) is 4.31 Å².